The molecule has 1 aromatic rings. The van der Waals surface area contributed by atoms with Crippen LogP contribution in [-0.4, -0.2) is 23.8 Å². The molecule has 1 aromatic carbocycles. The second kappa shape index (κ2) is 7.29. The van der Waals surface area contributed by atoms with Gasteiger partial charge in [-0.3, -0.25) is 0 Å². The minimum Gasteiger partial charge on any atom is -0.396 e. The van der Waals surface area contributed by atoms with Crippen LogP contribution in [0, 0.1) is 5.82 Å². The minimum atomic E-state index is -0.216. The lowest BCUT2D eigenvalue weighted by Crippen LogP contribution is -2.42. The van der Waals surface area contributed by atoms with Crippen molar-refractivity contribution < 1.29 is 9.50 Å². The number of hydrogen-bond donors (Lipinski definition) is 2. The lowest BCUT2D eigenvalue weighted by molar-refractivity contribution is 0.220. The van der Waals surface area contributed by atoms with Gasteiger partial charge in [0.15, 0.2) is 0 Å². The number of aliphatic hydroxyl groups excluding tert-OH is 1. The Bertz CT molecular complexity index is 375. The second-order valence-electron chi connectivity index (χ2n) is 4.72. The molecule has 100 valence electrons. The molecule has 0 heterocycles. The van der Waals surface area contributed by atoms with Gasteiger partial charge < -0.3 is 10.4 Å². The first-order valence-corrected chi connectivity index (χ1v) is 6.37. The first kappa shape index (κ1) is 14.9. The molecule has 0 saturated heterocycles. The molecule has 18 heavy (non-hydrogen) atoms. The van der Waals surface area contributed by atoms with Gasteiger partial charge in [0.25, 0.3) is 0 Å². The molecule has 0 saturated carbocycles. The van der Waals surface area contributed by atoms with E-state index in [4.69, 9.17) is 5.11 Å². The summed E-state index contributed by atoms with van der Waals surface area (Å²) in [4.78, 5) is 0. The van der Waals surface area contributed by atoms with Crippen LogP contribution in [0.3, 0.4) is 0 Å². The van der Waals surface area contributed by atoms with E-state index < -0.39 is 0 Å². The van der Waals surface area contributed by atoms with Gasteiger partial charge in [0.05, 0.1) is 0 Å². The van der Waals surface area contributed by atoms with Crippen molar-refractivity contribution in [2.24, 2.45) is 0 Å². The highest BCUT2D eigenvalue weighted by atomic mass is 19.1. The second-order valence-corrected chi connectivity index (χ2v) is 4.72. The van der Waals surface area contributed by atoms with E-state index in [1.165, 1.54) is 12.1 Å². The van der Waals surface area contributed by atoms with E-state index in [0.717, 1.165) is 24.9 Å². The van der Waals surface area contributed by atoms with E-state index in [1.54, 1.807) is 12.1 Å². The monoisotopic (exact) mass is 251 g/mol. The third-order valence-electron chi connectivity index (χ3n) is 3.27. The SMILES string of the molecule is CCC(C)(CCO)NC/C=C/c1ccc(F)cc1. The minimum absolute atomic E-state index is 0.0259. The highest BCUT2D eigenvalue weighted by Crippen LogP contribution is 2.13. The standard InChI is InChI=1S/C15H22FNO/c1-3-15(2,10-12-18)17-11-4-5-13-6-8-14(16)9-7-13/h4-9,17-18H,3,10-12H2,1-2H3/b5-4+. The molecule has 3 heteroatoms. The van der Waals surface area contributed by atoms with Gasteiger partial charge in [-0.25, -0.2) is 4.39 Å². The van der Waals surface area contributed by atoms with Crippen molar-refractivity contribution in [3.63, 3.8) is 0 Å². The predicted molar refractivity (Wildman–Crippen MR) is 73.8 cm³/mol. The fourth-order valence-electron chi connectivity index (χ4n) is 1.71. The maximum absolute atomic E-state index is 12.7. The Labute approximate surface area is 109 Å². The number of halogens is 1. The van der Waals surface area contributed by atoms with Crippen LogP contribution in [-0.2, 0) is 0 Å². The summed E-state index contributed by atoms with van der Waals surface area (Å²) in [6, 6.07) is 6.40. The molecule has 1 rings (SSSR count). The topological polar surface area (TPSA) is 32.3 Å². The van der Waals surface area contributed by atoms with Crippen LogP contribution in [0.5, 0.6) is 0 Å². The Hall–Kier alpha value is -1.19. The average molecular weight is 251 g/mol. The number of rotatable bonds is 7. The Morgan fingerprint density at radius 1 is 1.33 bits per heavy atom. The molecule has 1 atom stereocenters. The molecule has 0 bridgehead atoms. The van der Waals surface area contributed by atoms with E-state index in [-0.39, 0.29) is 18.0 Å². The smallest absolute Gasteiger partial charge is 0.123 e. The molecule has 0 spiro atoms. The van der Waals surface area contributed by atoms with Crippen LogP contribution in [0.2, 0.25) is 0 Å². The maximum atomic E-state index is 12.7. The summed E-state index contributed by atoms with van der Waals surface area (Å²) in [5, 5.41) is 12.4. The maximum Gasteiger partial charge on any atom is 0.123 e. The van der Waals surface area contributed by atoms with Crippen LogP contribution in [0.25, 0.3) is 6.08 Å². The Morgan fingerprint density at radius 3 is 2.56 bits per heavy atom. The third kappa shape index (κ3) is 4.98. The van der Waals surface area contributed by atoms with Crippen LogP contribution in [0.1, 0.15) is 32.3 Å². The van der Waals surface area contributed by atoms with E-state index in [1.807, 2.05) is 12.2 Å². The van der Waals surface area contributed by atoms with Gasteiger partial charge in [0.1, 0.15) is 5.82 Å². The van der Waals surface area contributed by atoms with Crippen LogP contribution in [0.4, 0.5) is 4.39 Å². The number of hydrogen-bond acceptors (Lipinski definition) is 2. The molecule has 0 aliphatic heterocycles. The molecule has 0 aliphatic rings. The summed E-state index contributed by atoms with van der Waals surface area (Å²) < 4.78 is 12.7. The Balaban J connectivity index is 2.43. The van der Waals surface area contributed by atoms with E-state index in [0.29, 0.717) is 0 Å². The third-order valence-corrected chi connectivity index (χ3v) is 3.27. The van der Waals surface area contributed by atoms with Crippen molar-refractivity contribution in [1.82, 2.24) is 5.32 Å². The van der Waals surface area contributed by atoms with Crippen molar-refractivity contribution in [2.75, 3.05) is 13.2 Å². The molecular weight excluding hydrogens is 229 g/mol. The summed E-state index contributed by atoms with van der Waals surface area (Å²) in [5.41, 5.74) is 0.959. The van der Waals surface area contributed by atoms with Gasteiger partial charge in [-0.05, 0) is 37.5 Å². The van der Waals surface area contributed by atoms with Gasteiger partial charge in [-0.1, -0.05) is 31.2 Å². The normalized spacial score (nSPS) is 14.9. The summed E-state index contributed by atoms with van der Waals surface area (Å²) in [7, 11) is 0. The Kier molecular flexibility index (Phi) is 6.02. The number of nitrogens with one attached hydrogen (secondary N) is 1. The van der Waals surface area contributed by atoms with Crippen molar-refractivity contribution in [2.45, 2.75) is 32.2 Å². The first-order chi connectivity index (χ1) is 8.59. The van der Waals surface area contributed by atoms with Crippen molar-refractivity contribution in [3.8, 4) is 0 Å². The average Bonchev–Trinajstić information content (AvgIpc) is 2.37. The summed E-state index contributed by atoms with van der Waals surface area (Å²) in [6.07, 6.45) is 5.69. The van der Waals surface area contributed by atoms with Crippen LogP contribution < -0.4 is 5.32 Å². The number of benzene rings is 1. The molecule has 0 radical (unpaired) electrons. The van der Waals surface area contributed by atoms with Gasteiger partial charge >= 0.3 is 0 Å². The summed E-state index contributed by atoms with van der Waals surface area (Å²) >= 11 is 0. The van der Waals surface area contributed by atoms with Gasteiger partial charge in [-0.15, -0.1) is 0 Å². The highest BCUT2D eigenvalue weighted by molar-refractivity contribution is 5.48. The van der Waals surface area contributed by atoms with Gasteiger partial charge in [0, 0.05) is 18.7 Å². The molecule has 2 nitrogen and oxygen atoms in total. The van der Waals surface area contributed by atoms with Gasteiger partial charge in [-0.2, -0.15) is 0 Å². The summed E-state index contributed by atoms with van der Waals surface area (Å²) in [5.74, 6) is -0.216. The van der Waals surface area contributed by atoms with Gasteiger partial charge in [0.2, 0.25) is 0 Å². The van der Waals surface area contributed by atoms with Crippen molar-refractivity contribution >= 4 is 6.08 Å². The first-order valence-electron chi connectivity index (χ1n) is 6.37. The quantitative estimate of drug-likeness (QED) is 0.781. The fourth-order valence-corrected chi connectivity index (χ4v) is 1.71. The lowest BCUT2D eigenvalue weighted by atomic mass is 9.95. The lowest BCUT2D eigenvalue weighted by Gasteiger charge is -2.28. The molecule has 2 N–H and O–H groups in total. The van der Waals surface area contributed by atoms with Crippen LogP contribution >= 0.6 is 0 Å². The van der Waals surface area contributed by atoms with E-state index in [9.17, 15) is 4.39 Å². The zero-order valence-electron chi connectivity index (χ0n) is 11.1. The Morgan fingerprint density at radius 2 is 2.00 bits per heavy atom. The largest absolute Gasteiger partial charge is 0.396 e. The zero-order valence-corrected chi connectivity index (χ0v) is 11.1. The molecule has 0 aromatic heterocycles. The molecular formula is C15H22FNO. The zero-order chi connectivity index (χ0) is 13.4. The van der Waals surface area contributed by atoms with Crippen molar-refractivity contribution in [3.05, 3.63) is 41.7 Å². The predicted octanol–water partition coefficient (Wildman–Crippen LogP) is 2.98. The summed E-state index contributed by atoms with van der Waals surface area (Å²) in [6.45, 7) is 5.14. The molecule has 1 unspecified atom stereocenters. The van der Waals surface area contributed by atoms with E-state index >= 15 is 0 Å². The van der Waals surface area contributed by atoms with E-state index in [2.05, 4.69) is 19.2 Å². The van der Waals surface area contributed by atoms with Crippen molar-refractivity contribution in [1.29, 1.82) is 0 Å². The molecule has 0 amide bonds. The molecule has 0 aliphatic carbocycles. The fraction of sp³-hybridized carbons (Fsp3) is 0.467. The number of aliphatic hydroxyl groups is 1. The molecule has 0 fully saturated rings. The van der Waals surface area contributed by atoms with Crippen LogP contribution in [0.15, 0.2) is 30.3 Å². The highest BCUT2D eigenvalue weighted by Gasteiger charge is 2.19.